The van der Waals surface area contributed by atoms with Gasteiger partial charge in [0.25, 0.3) is 0 Å². The van der Waals surface area contributed by atoms with E-state index < -0.39 is 0 Å². The summed E-state index contributed by atoms with van der Waals surface area (Å²) in [4.78, 5) is 0. The average molecular weight is 300 g/mol. The van der Waals surface area contributed by atoms with Gasteiger partial charge in [-0.15, -0.1) is 10.2 Å². The molecule has 2 rings (SSSR count). The van der Waals surface area contributed by atoms with Crippen LogP contribution in [0.2, 0.25) is 10.3 Å². The first-order valence-corrected chi connectivity index (χ1v) is 6.70. The van der Waals surface area contributed by atoms with Crippen molar-refractivity contribution >= 4 is 23.2 Å². The summed E-state index contributed by atoms with van der Waals surface area (Å²) in [6.07, 6.45) is 0. The minimum absolute atomic E-state index is 0.230. The molecule has 1 heterocycles. The van der Waals surface area contributed by atoms with Crippen molar-refractivity contribution in [2.75, 3.05) is 7.11 Å². The summed E-state index contributed by atoms with van der Waals surface area (Å²) in [5.74, 6) is 1.78. The van der Waals surface area contributed by atoms with Crippen molar-refractivity contribution in [2.24, 2.45) is 0 Å². The van der Waals surface area contributed by atoms with Crippen LogP contribution in [0.25, 0.3) is 0 Å². The third-order valence-electron chi connectivity index (χ3n) is 2.86. The monoisotopic (exact) mass is 299 g/mol. The Bertz CT molecular complexity index is 581. The molecule has 4 nitrogen and oxygen atoms in total. The maximum Gasteiger partial charge on any atom is 0.225 e. The summed E-state index contributed by atoms with van der Waals surface area (Å²) in [6.45, 7) is 4.57. The van der Waals surface area contributed by atoms with Crippen LogP contribution in [0.3, 0.4) is 0 Å². The first-order valence-electron chi connectivity index (χ1n) is 5.94. The summed E-state index contributed by atoms with van der Waals surface area (Å²) >= 11 is 12.3. The molecule has 0 atom stereocenters. The number of methoxy groups -OCH3 is 1. The molecule has 0 N–H and O–H groups in total. The summed E-state index contributed by atoms with van der Waals surface area (Å²) in [7, 11) is 1.62. The Morgan fingerprint density at radius 2 is 2.00 bits per heavy atom. The Balaban J connectivity index is 2.44. The molecule has 0 bridgehead atoms. The highest BCUT2D eigenvalue weighted by atomic mass is 35.5. The molecule has 0 aliphatic rings. The van der Waals surface area contributed by atoms with E-state index in [1.54, 1.807) is 7.11 Å². The fourth-order valence-electron chi connectivity index (χ4n) is 1.91. The van der Waals surface area contributed by atoms with Gasteiger partial charge in [0, 0.05) is 16.5 Å². The van der Waals surface area contributed by atoms with Crippen LogP contribution in [-0.4, -0.2) is 21.9 Å². The lowest BCUT2D eigenvalue weighted by Gasteiger charge is -2.14. The van der Waals surface area contributed by atoms with Crippen molar-refractivity contribution in [3.05, 3.63) is 39.9 Å². The molecule has 1 aromatic carbocycles. The van der Waals surface area contributed by atoms with Crippen LogP contribution in [0.5, 0.6) is 5.75 Å². The number of aromatic nitrogens is 3. The summed E-state index contributed by atoms with van der Waals surface area (Å²) in [5.41, 5.74) is 0.871. The fourth-order valence-corrected chi connectivity index (χ4v) is 2.32. The molecular formula is C13H15Cl2N3O. The maximum absolute atomic E-state index is 6.23. The van der Waals surface area contributed by atoms with E-state index in [1.807, 2.05) is 36.6 Å². The lowest BCUT2D eigenvalue weighted by atomic mass is 10.1. The molecule has 0 amide bonds. The van der Waals surface area contributed by atoms with Crippen molar-refractivity contribution in [1.82, 2.24) is 14.8 Å². The summed E-state index contributed by atoms with van der Waals surface area (Å²) in [5, 5.41) is 9.00. The van der Waals surface area contributed by atoms with E-state index in [2.05, 4.69) is 10.2 Å². The predicted molar refractivity (Wildman–Crippen MR) is 76.2 cm³/mol. The zero-order chi connectivity index (χ0) is 14.0. The van der Waals surface area contributed by atoms with Gasteiger partial charge < -0.3 is 4.74 Å². The molecule has 2 aromatic rings. The number of hydrogen-bond donors (Lipinski definition) is 0. The second-order valence-corrected chi connectivity index (χ2v) is 5.23. The zero-order valence-electron chi connectivity index (χ0n) is 11.0. The lowest BCUT2D eigenvalue weighted by Crippen LogP contribution is -2.08. The SMILES string of the molecule is COc1cccc(Cl)c1Cn1c(Cl)nnc1C(C)C. The van der Waals surface area contributed by atoms with Gasteiger partial charge in [0.05, 0.1) is 13.7 Å². The smallest absolute Gasteiger partial charge is 0.225 e. The summed E-state index contributed by atoms with van der Waals surface area (Å²) in [6, 6.07) is 5.54. The number of hydrogen-bond acceptors (Lipinski definition) is 3. The van der Waals surface area contributed by atoms with Crippen LogP contribution in [0.1, 0.15) is 31.2 Å². The largest absolute Gasteiger partial charge is 0.496 e. The molecule has 102 valence electrons. The van der Waals surface area contributed by atoms with Crippen molar-refractivity contribution < 1.29 is 4.74 Å². The van der Waals surface area contributed by atoms with E-state index in [9.17, 15) is 0 Å². The lowest BCUT2D eigenvalue weighted by molar-refractivity contribution is 0.408. The highest BCUT2D eigenvalue weighted by Crippen LogP contribution is 2.29. The van der Waals surface area contributed by atoms with Gasteiger partial charge >= 0.3 is 0 Å². The Morgan fingerprint density at radius 1 is 1.26 bits per heavy atom. The second-order valence-electron chi connectivity index (χ2n) is 4.49. The summed E-state index contributed by atoms with van der Waals surface area (Å²) < 4.78 is 7.18. The maximum atomic E-state index is 6.23. The molecule has 0 aliphatic carbocycles. The van der Waals surface area contributed by atoms with Gasteiger partial charge in [-0.25, -0.2) is 0 Å². The first-order chi connectivity index (χ1) is 9.04. The van der Waals surface area contributed by atoms with Gasteiger partial charge in [-0.2, -0.15) is 0 Å². The number of rotatable bonds is 4. The number of halogens is 2. The highest BCUT2D eigenvalue weighted by molar-refractivity contribution is 6.31. The second kappa shape index (κ2) is 5.80. The van der Waals surface area contributed by atoms with Crippen molar-refractivity contribution in [2.45, 2.75) is 26.3 Å². The molecule has 0 fully saturated rings. The Kier molecular flexibility index (Phi) is 4.32. The van der Waals surface area contributed by atoms with Crippen molar-refractivity contribution in [3.8, 4) is 5.75 Å². The molecule has 0 saturated carbocycles. The molecular weight excluding hydrogens is 285 g/mol. The van der Waals surface area contributed by atoms with Crippen LogP contribution < -0.4 is 4.74 Å². The van der Waals surface area contributed by atoms with E-state index >= 15 is 0 Å². The minimum atomic E-state index is 0.230. The Labute approximate surface area is 122 Å². The van der Waals surface area contributed by atoms with Crippen LogP contribution in [0.15, 0.2) is 18.2 Å². The molecule has 19 heavy (non-hydrogen) atoms. The van der Waals surface area contributed by atoms with Gasteiger partial charge in [0.15, 0.2) is 0 Å². The minimum Gasteiger partial charge on any atom is -0.496 e. The Morgan fingerprint density at radius 3 is 2.63 bits per heavy atom. The van der Waals surface area contributed by atoms with Gasteiger partial charge in [0.2, 0.25) is 5.28 Å². The number of benzene rings is 1. The molecule has 0 spiro atoms. The standard InChI is InChI=1S/C13H15Cl2N3O/c1-8(2)12-16-17-13(15)18(12)7-9-10(14)5-4-6-11(9)19-3/h4-6,8H,7H2,1-3H3. The van der Waals surface area contributed by atoms with Crippen LogP contribution in [0, 0.1) is 0 Å². The molecule has 0 aliphatic heterocycles. The van der Waals surface area contributed by atoms with Gasteiger partial charge in [0.1, 0.15) is 11.6 Å². The molecule has 0 radical (unpaired) electrons. The van der Waals surface area contributed by atoms with Crippen molar-refractivity contribution in [3.63, 3.8) is 0 Å². The van der Waals surface area contributed by atoms with Crippen LogP contribution >= 0.6 is 23.2 Å². The van der Waals surface area contributed by atoms with E-state index in [1.165, 1.54) is 0 Å². The van der Waals surface area contributed by atoms with E-state index in [-0.39, 0.29) is 5.92 Å². The fraction of sp³-hybridized carbons (Fsp3) is 0.385. The van der Waals surface area contributed by atoms with Crippen molar-refractivity contribution in [1.29, 1.82) is 0 Å². The highest BCUT2D eigenvalue weighted by Gasteiger charge is 2.16. The van der Waals surface area contributed by atoms with Crippen LogP contribution in [0.4, 0.5) is 0 Å². The molecule has 0 saturated heterocycles. The third kappa shape index (κ3) is 2.85. The average Bonchev–Trinajstić information content (AvgIpc) is 2.73. The third-order valence-corrected chi connectivity index (χ3v) is 3.50. The molecule has 6 heteroatoms. The van der Waals surface area contributed by atoms with Gasteiger partial charge in [-0.05, 0) is 23.7 Å². The van der Waals surface area contributed by atoms with Crippen LogP contribution in [-0.2, 0) is 6.54 Å². The van der Waals surface area contributed by atoms with E-state index in [0.29, 0.717) is 16.9 Å². The first kappa shape index (κ1) is 14.2. The topological polar surface area (TPSA) is 39.9 Å². The normalized spacial score (nSPS) is 11.1. The molecule has 0 unspecified atom stereocenters. The van der Waals surface area contributed by atoms with Gasteiger partial charge in [-0.3, -0.25) is 4.57 Å². The van der Waals surface area contributed by atoms with E-state index in [4.69, 9.17) is 27.9 Å². The zero-order valence-corrected chi connectivity index (χ0v) is 12.5. The quantitative estimate of drug-likeness (QED) is 0.863. The Hall–Kier alpha value is -1.26. The number of nitrogens with zero attached hydrogens (tertiary/aromatic N) is 3. The van der Waals surface area contributed by atoms with E-state index in [0.717, 1.165) is 17.1 Å². The number of ether oxygens (including phenoxy) is 1. The molecule has 1 aromatic heterocycles. The predicted octanol–water partition coefficient (Wildman–Crippen LogP) is 3.77. The van der Waals surface area contributed by atoms with Gasteiger partial charge in [-0.1, -0.05) is 31.5 Å².